The second-order valence-electron chi connectivity index (χ2n) is 5.33. The van der Waals surface area contributed by atoms with E-state index in [4.69, 9.17) is 9.72 Å². The van der Waals surface area contributed by atoms with Crippen LogP contribution in [0.5, 0.6) is 5.75 Å². The maximum atomic E-state index is 11.1. The van der Waals surface area contributed by atoms with E-state index in [1.54, 1.807) is 14.0 Å². The Balaban J connectivity index is 0.00000225. The van der Waals surface area contributed by atoms with Gasteiger partial charge in [-0.05, 0) is 31.2 Å². The number of aromatic nitrogens is 1. The Bertz CT molecular complexity index is 886. The zero-order chi connectivity index (χ0) is 17.1. The summed E-state index contributed by atoms with van der Waals surface area (Å²) < 4.78 is 5.28. The molecule has 4 nitrogen and oxygen atoms in total. The zero-order valence-corrected chi connectivity index (χ0v) is 17.2. The van der Waals surface area contributed by atoms with Gasteiger partial charge in [0.2, 0.25) is 0 Å². The van der Waals surface area contributed by atoms with Crippen LogP contribution in [-0.4, -0.2) is 23.3 Å². The predicted octanol–water partition coefficient (Wildman–Crippen LogP) is 0.145. The van der Waals surface area contributed by atoms with Gasteiger partial charge in [-0.1, -0.05) is 30.3 Å². The van der Waals surface area contributed by atoms with E-state index in [2.05, 4.69) is 0 Å². The van der Waals surface area contributed by atoms with Crippen LogP contribution in [0.1, 0.15) is 6.92 Å². The van der Waals surface area contributed by atoms with Crippen molar-refractivity contribution in [1.29, 1.82) is 0 Å². The van der Waals surface area contributed by atoms with E-state index in [0.717, 1.165) is 27.1 Å². The van der Waals surface area contributed by atoms with Gasteiger partial charge in [0, 0.05) is 21.1 Å². The van der Waals surface area contributed by atoms with E-state index >= 15 is 0 Å². The first-order valence-corrected chi connectivity index (χ1v) is 8.38. The SMILES string of the molecule is COc1ccc2nc(-c3ccccc3)cc(SC(C)C(=O)[O-])c2c1.[Na+]. The Hall–Kier alpha value is -1.53. The number of thioether (sulfide) groups is 1. The van der Waals surface area contributed by atoms with Gasteiger partial charge < -0.3 is 14.6 Å². The van der Waals surface area contributed by atoms with E-state index in [0.29, 0.717) is 5.75 Å². The third-order valence-corrected chi connectivity index (χ3v) is 4.82. The largest absolute Gasteiger partial charge is 1.00 e. The average Bonchev–Trinajstić information content (AvgIpc) is 2.61. The number of hydrogen-bond acceptors (Lipinski definition) is 5. The van der Waals surface area contributed by atoms with Crippen molar-refractivity contribution >= 4 is 28.6 Å². The molecule has 0 aliphatic heterocycles. The molecule has 6 heteroatoms. The first-order chi connectivity index (χ1) is 11.6. The molecule has 0 N–H and O–H groups in total. The van der Waals surface area contributed by atoms with E-state index in [9.17, 15) is 9.90 Å². The fourth-order valence-electron chi connectivity index (χ4n) is 2.39. The van der Waals surface area contributed by atoms with Crippen molar-refractivity contribution in [1.82, 2.24) is 4.98 Å². The Morgan fingerprint density at radius 2 is 1.88 bits per heavy atom. The van der Waals surface area contributed by atoms with Crippen molar-refractivity contribution in [3.8, 4) is 17.0 Å². The van der Waals surface area contributed by atoms with E-state index < -0.39 is 11.2 Å². The van der Waals surface area contributed by atoms with Crippen LogP contribution in [0, 0.1) is 0 Å². The Kier molecular flexibility index (Phi) is 6.90. The summed E-state index contributed by atoms with van der Waals surface area (Å²) in [5, 5.41) is 11.4. The topological polar surface area (TPSA) is 62.2 Å². The van der Waals surface area contributed by atoms with Crippen LogP contribution in [0.4, 0.5) is 0 Å². The van der Waals surface area contributed by atoms with Crippen LogP contribution in [-0.2, 0) is 4.79 Å². The quantitative estimate of drug-likeness (QED) is 0.478. The second kappa shape index (κ2) is 8.72. The molecule has 0 saturated heterocycles. The third kappa shape index (κ3) is 4.55. The van der Waals surface area contributed by atoms with Gasteiger partial charge in [0.05, 0.1) is 24.3 Å². The molecular formula is C19H16NNaO3S. The standard InChI is InChI=1S/C19H17NO3S.Na/c1-12(19(21)22)24-18-11-17(13-6-4-3-5-7-13)20-16-9-8-14(23-2)10-15(16)18;/h3-12H,1-2H3,(H,21,22);/q;+1/p-1. The molecule has 0 aliphatic carbocycles. The minimum absolute atomic E-state index is 0. The molecule has 1 heterocycles. The summed E-state index contributed by atoms with van der Waals surface area (Å²) in [6.45, 7) is 1.62. The van der Waals surface area contributed by atoms with E-state index in [1.807, 2.05) is 54.6 Å². The molecule has 1 unspecified atom stereocenters. The molecule has 0 spiro atoms. The van der Waals surface area contributed by atoms with Crippen molar-refractivity contribution in [3.05, 3.63) is 54.6 Å². The van der Waals surface area contributed by atoms with Gasteiger partial charge in [0.25, 0.3) is 0 Å². The van der Waals surface area contributed by atoms with E-state index in [-0.39, 0.29) is 29.6 Å². The molecule has 3 rings (SSSR count). The number of ether oxygens (including phenoxy) is 1. The first-order valence-electron chi connectivity index (χ1n) is 7.50. The number of fused-ring (bicyclic) bond motifs is 1. The van der Waals surface area contributed by atoms with Gasteiger partial charge in [-0.2, -0.15) is 0 Å². The smallest absolute Gasteiger partial charge is 0.549 e. The molecule has 1 atom stereocenters. The number of carbonyl (C=O) groups is 1. The molecule has 0 bridgehead atoms. The number of aliphatic carboxylic acids is 1. The van der Waals surface area contributed by atoms with Crippen molar-refractivity contribution in [2.45, 2.75) is 17.1 Å². The van der Waals surface area contributed by atoms with Crippen LogP contribution in [0.25, 0.3) is 22.2 Å². The van der Waals surface area contributed by atoms with Crippen molar-refractivity contribution in [2.75, 3.05) is 7.11 Å². The summed E-state index contributed by atoms with van der Waals surface area (Å²) in [6.07, 6.45) is 0. The third-order valence-electron chi connectivity index (χ3n) is 3.68. The minimum atomic E-state index is -1.09. The summed E-state index contributed by atoms with van der Waals surface area (Å²) in [5.41, 5.74) is 2.59. The Labute approximate surface area is 172 Å². The molecule has 1 aromatic heterocycles. The molecule has 3 aromatic rings. The summed E-state index contributed by atoms with van der Waals surface area (Å²) in [7, 11) is 1.60. The van der Waals surface area contributed by atoms with Crippen molar-refractivity contribution in [2.24, 2.45) is 0 Å². The number of carboxylic acids is 1. The summed E-state index contributed by atoms with van der Waals surface area (Å²) in [6, 6.07) is 17.3. The molecule has 0 amide bonds. The fourth-order valence-corrected chi connectivity index (χ4v) is 3.34. The Morgan fingerprint density at radius 3 is 2.52 bits per heavy atom. The van der Waals surface area contributed by atoms with Gasteiger partial charge in [0.1, 0.15) is 5.75 Å². The number of rotatable bonds is 5. The fraction of sp³-hybridized carbons (Fsp3) is 0.158. The Morgan fingerprint density at radius 1 is 1.16 bits per heavy atom. The molecule has 0 aliphatic rings. The summed E-state index contributed by atoms with van der Waals surface area (Å²) >= 11 is 1.25. The summed E-state index contributed by atoms with van der Waals surface area (Å²) in [4.78, 5) is 16.7. The monoisotopic (exact) mass is 361 g/mol. The van der Waals surface area contributed by atoms with Gasteiger partial charge in [-0.3, -0.25) is 0 Å². The van der Waals surface area contributed by atoms with Gasteiger partial charge >= 0.3 is 29.6 Å². The molecular weight excluding hydrogens is 345 g/mol. The van der Waals surface area contributed by atoms with Crippen LogP contribution >= 0.6 is 11.8 Å². The maximum Gasteiger partial charge on any atom is 1.00 e. The number of pyridine rings is 1. The maximum absolute atomic E-state index is 11.1. The van der Waals surface area contributed by atoms with Crippen LogP contribution in [0.3, 0.4) is 0 Å². The minimum Gasteiger partial charge on any atom is -0.549 e. The predicted molar refractivity (Wildman–Crippen MR) is 94.1 cm³/mol. The molecule has 122 valence electrons. The average molecular weight is 361 g/mol. The van der Waals surface area contributed by atoms with Gasteiger partial charge in [0.15, 0.2) is 0 Å². The first kappa shape index (κ1) is 19.8. The number of methoxy groups -OCH3 is 1. The number of benzene rings is 2. The number of carboxylic acid groups (broad SMARTS) is 1. The van der Waals surface area contributed by atoms with Crippen molar-refractivity contribution in [3.63, 3.8) is 0 Å². The van der Waals surface area contributed by atoms with Gasteiger partial charge in [-0.15, -0.1) is 11.8 Å². The molecule has 0 fully saturated rings. The normalized spacial score (nSPS) is 11.6. The zero-order valence-electron chi connectivity index (χ0n) is 14.4. The van der Waals surface area contributed by atoms with Crippen LogP contribution in [0.15, 0.2) is 59.5 Å². The number of carbonyl (C=O) groups excluding carboxylic acids is 1. The molecule has 25 heavy (non-hydrogen) atoms. The van der Waals surface area contributed by atoms with Crippen molar-refractivity contribution < 1.29 is 44.2 Å². The van der Waals surface area contributed by atoms with Gasteiger partial charge in [-0.25, -0.2) is 4.98 Å². The number of hydrogen-bond donors (Lipinski definition) is 0. The summed E-state index contributed by atoms with van der Waals surface area (Å²) in [5.74, 6) is -0.381. The molecule has 0 saturated carbocycles. The molecule has 0 radical (unpaired) electrons. The van der Waals surface area contributed by atoms with Crippen LogP contribution < -0.4 is 39.4 Å². The second-order valence-corrected chi connectivity index (χ2v) is 6.72. The number of nitrogens with zero attached hydrogens (tertiary/aromatic N) is 1. The van der Waals surface area contributed by atoms with Crippen LogP contribution in [0.2, 0.25) is 0 Å². The van der Waals surface area contributed by atoms with E-state index in [1.165, 1.54) is 11.8 Å². The molecule has 2 aromatic carbocycles.